The zero-order valence-corrected chi connectivity index (χ0v) is 52.2. The van der Waals surface area contributed by atoms with Crippen molar-refractivity contribution in [2.75, 3.05) is 0 Å². The molecule has 0 unspecified atom stereocenters. The van der Waals surface area contributed by atoms with Crippen LogP contribution in [0, 0.1) is 41.5 Å². The van der Waals surface area contributed by atoms with Crippen LogP contribution < -0.4 is 0 Å². The molecule has 0 amide bonds. The molecule has 0 aromatic heterocycles. The van der Waals surface area contributed by atoms with Crippen molar-refractivity contribution >= 4 is 64.6 Å². The molecule has 4 nitrogen and oxygen atoms in total. The Balaban J connectivity index is 1.01. The minimum Gasteiger partial charge on any atom is -0.507 e. The number of fused-ring (bicyclic) bond motifs is 6. The first-order chi connectivity index (χ1) is 44.3. The van der Waals surface area contributed by atoms with Gasteiger partial charge in [-0.3, -0.25) is 4.90 Å². The van der Waals surface area contributed by atoms with Gasteiger partial charge >= 0.3 is 0 Å². The lowest BCUT2D eigenvalue weighted by Crippen LogP contribution is -2.23. The zero-order chi connectivity index (χ0) is 62.2. The number of hydrogen-bond acceptors (Lipinski definition) is 4. The highest BCUT2D eigenvalue weighted by Crippen LogP contribution is 2.52. The predicted molar refractivity (Wildman–Crippen MR) is 383 cm³/mol. The van der Waals surface area contributed by atoms with Crippen LogP contribution in [-0.4, -0.2) is 20.2 Å². The van der Waals surface area contributed by atoms with Crippen molar-refractivity contribution in [3.8, 4) is 84.0 Å². The first-order valence-corrected chi connectivity index (χ1v) is 31.6. The van der Waals surface area contributed by atoms with E-state index in [1.54, 1.807) is 0 Å². The van der Waals surface area contributed by atoms with E-state index in [1.165, 1.54) is 22.3 Å². The van der Waals surface area contributed by atoms with Crippen LogP contribution in [0.4, 0.5) is 0 Å². The summed E-state index contributed by atoms with van der Waals surface area (Å²) in [4.78, 5) is 2.41. The SMILES string of the molecule is Cc1cc(C)cc(-c2ccc3ccccc3c2-c2c(O)c(CN(Cc3cc4ccccc4c(-c4c(-c5cc(C)cc(C)c5)ccc5ccccc45)c3O)Cc3cc4ccccc4c(-c4c(O)ccc5ccccc45)c3-c3cc(C)cc(C)c3)cc3ccccc23)c1. The maximum atomic E-state index is 13.8. The Kier molecular flexibility index (Phi) is 14.3. The third kappa shape index (κ3) is 10.3. The Labute approximate surface area is 531 Å². The molecule has 15 rings (SSSR count). The fraction of sp³-hybridized carbons (Fsp3) is 0.103. The highest BCUT2D eigenvalue weighted by Gasteiger charge is 2.28. The smallest absolute Gasteiger partial charge is 0.128 e. The molecule has 0 spiro atoms. The maximum absolute atomic E-state index is 13.8. The number of aromatic hydroxyl groups is 3. The molecule has 0 fully saturated rings. The molecule has 91 heavy (non-hydrogen) atoms. The lowest BCUT2D eigenvalue weighted by atomic mass is 9.83. The number of rotatable bonds is 12. The summed E-state index contributed by atoms with van der Waals surface area (Å²) in [6, 6.07) is 90.4. The molecule has 3 N–H and O–H groups in total. The average Bonchev–Trinajstić information content (AvgIpc) is 0.921. The standard InChI is InChI=1S/C87H69NO3/c1-52-37-53(2)41-64(40-52)76-34-31-58-19-7-13-25-70(58)80(76)84-74-29-17-11-23-62(74)47-68(86(84)90)50-88(49-67-46-61-22-10-16-28-73(61)83(79(67)66-44-56(5)39-57(6)45-66)82-72-27-15-9-21-60(72)33-36-78(82)89)51-69-48-63-24-12-18-30-75(63)85(87(69)91)81-71-26-14-8-20-59(71)32-35-77(81)65-42-54(3)38-55(4)43-65/h7-48,89-91H,49-51H2,1-6H3. The lowest BCUT2D eigenvalue weighted by Gasteiger charge is -2.29. The van der Waals surface area contributed by atoms with E-state index in [-0.39, 0.29) is 30.3 Å². The quantitative estimate of drug-likeness (QED) is 0.114. The van der Waals surface area contributed by atoms with E-state index in [2.05, 4.69) is 289 Å². The van der Waals surface area contributed by atoms with Crippen LogP contribution in [0.5, 0.6) is 17.2 Å². The van der Waals surface area contributed by atoms with Crippen molar-refractivity contribution in [3.05, 3.63) is 305 Å². The van der Waals surface area contributed by atoms with E-state index in [1.807, 2.05) is 12.1 Å². The van der Waals surface area contributed by atoms with Crippen LogP contribution in [0.3, 0.4) is 0 Å². The summed E-state index contributed by atoms with van der Waals surface area (Å²) in [6.45, 7) is 13.8. The van der Waals surface area contributed by atoms with E-state index in [9.17, 15) is 15.3 Å². The van der Waals surface area contributed by atoms with Crippen molar-refractivity contribution in [2.45, 2.75) is 61.2 Å². The van der Waals surface area contributed by atoms with Gasteiger partial charge in [0.15, 0.2) is 0 Å². The number of phenols is 3. The van der Waals surface area contributed by atoms with Gasteiger partial charge in [-0.2, -0.15) is 0 Å². The minimum absolute atomic E-state index is 0.202. The molecule has 0 atom stereocenters. The first kappa shape index (κ1) is 56.7. The van der Waals surface area contributed by atoms with E-state index in [0.717, 1.165) is 159 Å². The molecule has 0 aliphatic carbocycles. The van der Waals surface area contributed by atoms with Gasteiger partial charge in [0, 0.05) is 64.1 Å². The van der Waals surface area contributed by atoms with Crippen molar-refractivity contribution in [3.63, 3.8) is 0 Å². The molecule has 15 aromatic carbocycles. The fourth-order valence-electron chi connectivity index (χ4n) is 15.0. The van der Waals surface area contributed by atoms with Gasteiger partial charge in [-0.15, -0.1) is 0 Å². The molecular weight excluding hydrogens is 1110 g/mol. The summed E-state index contributed by atoms with van der Waals surface area (Å²) < 4.78 is 0. The predicted octanol–water partition coefficient (Wildman–Crippen LogP) is 22.8. The zero-order valence-electron chi connectivity index (χ0n) is 52.2. The molecular formula is C87H69NO3. The summed E-state index contributed by atoms with van der Waals surface area (Å²) in [5, 5.41) is 52.2. The Morgan fingerprint density at radius 3 is 0.934 bits per heavy atom. The van der Waals surface area contributed by atoms with E-state index < -0.39 is 0 Å². The van der Waals surface area contributed by atoms with Gasteiger partial charge in [-0.25, -0.2) is 0 Å². The van der Waals surface area contributed by atoms with Gasteiger partial charge in [-0.05, 0) is 169 Å². The van der Waals surface area contributed by atoms with Crippen LogP contribution in [-0.2, 0) is 19.6 Å². The maximum Gasteiger partial charge on any atom is 0.128 e. The number of aryl methyl sites for hydroxylation is 6. The Morgan fingerprint density at radius 2 is 0.538 bits per heavy atom. The molecule has 0 heterocycles. The van der Waals surface area contributed by atoms with E-state index in [4.69, 9.17) is 0 Å². The fourth-order valence-corrected chi connectivity index (χ4v) is 15.0. The van der Waals surface area contributed by atoms with Crippen LogP contribution in [0.15, 0.2) is 255 Å². The van der Waals surface area contributed by atoms with E-state index in [0.29, 0.717) is 6.54 Å². The molecule has 0 aliphatic heterocycles. The van der Waals surface area contributed by atoms with Crippen LogP contribution in [0.25, 0.3) is 131 Å². The van der Waals surface area contributed by atoms with Crippen molar-refractivity contribution < 1.29 is 15.3 Å². The normalized spacial score (nSPS) is 11.8. The van der Waals surface area contributed by atoms with Crippen molar-refractivity contribution in [1.82, 2.24) is 4.90 Å². The van der Waals surface area contributed by atoms with Gasteiger partial charge in [0.25, 0.3) is 0 Å². The Bertz CT molecular complexity index is 5170. The van der Waals surface area contributed by atoms with Crippen LogP contribution in [0.2, 0.25) is 0 Å². The lowest BCUT2D eigenvalue weighted by molar-refractivity contribution is 0.242. The monoisotopic (exact) mass is 1180 g/mol. The number of nitrogens with zero attached hydrogens (tertiary/aromatic N) is 1. The molecule has 0 aliphatic rings. The molecule has 15 aromatic rings. The van der Waals surface area contributed by atoms with Crippen molar-refractivity contribution in [2.24, 2.45) is 0 Å². The third-order valence-electron chi connectivity index (χ3n) is 18.6. The van der Waals surface area contributed by atoms with Gasteiger partial charge < -0.3 is 15.3 Å². The topological polar surface area (TPSA) is 63.9 Å². The highest BCUT2D eigenvalue weighted by atomic mass is 16.3. The second-order valence-corrected chi connectivity index (χ2v) is 25.3. The molecule has 0 saturated carbocycles. The molecule has 0 saturated heterocycles. The first-order valence-electron chi connectivity index (χ1n) is 31.6. The summed E-state index contributed by atoms with van der Waals surface area (Å²) >= 11 is 0. The molecule has 0 radical (unpaired) electrons. The molecule has 0 bridgehead atoms. The second-order valence-electron chi connectivity index (χ2n) is 25.3. The van der Waals surface area contributed by atoms with E-state index >= 15 is 0 Å². The van der Waals surface area contributed by atoms with Gasteiger partial charge in [0.05, 0.1) is 0 Å². The number of benzene rings is 15. The second kappa shape index (κ2) is 23.0. The largest absolute Gasteiger partial charge is 0.507 e. The summed E-state index contributed by atoms with van der Waals surface area (Å²) in [6.07, 6.45) is 0. The van der Waals surface area contributed by atoms with Gasteiger partial charge in [0.1, 0.15) is 17.2 Å². The average molecular weight is 1180 g/mol. The van der Waals surface area contributed by atoms with Gasteiger partial charge in [0.2, 0.25) is 0 Å². The number of phenolic OH excluding ortho intramolecular Hbond substituents is 3. The van der Waals surface area contributed by atoms with Crippen molar-refractivity contribution in [1.29, 1.82) is 0 Å². The van der Waals surface area contributed by atoms with Crippen LogP contribution >= 0.6 is 0 Å². The van der Waals surface area contributed by atoms with Gasteiger partial charge in [-0.1, -0.05) is 264 Å². The number of hydrogen-bond donors (Lipinski definition) is 3. The summed E-state index contributed by atoms with van der Waals surface area (Å²) in [5.41, 5.74) is 21.0. The molecule has 4 heteroatoms. The Morgan fingerprint density at radius 1 is 0.242 bits per heavy atom. The van der Waals surface area contributed by atoms with Crippen LogP contribution in [0.1, 0.15) is 50.1 Å². The Hall–Kier alpha value is -10.8. The third-order valence-corrected chi connectivity index (χ3v) is 18.6. The highest BCUT2D eigenvalue weighted by molar-refractivity contribution is 6.16. The summed E-state index contributed by atoms with van der Waals surface area (Å²) in [7, 11) is 0. The molecule has 440 valence electrons. The summed E-state index contributed by atoms with van der Waals surface area (Å²) in [5.74, 6) is 0.614. The minimum atomic E-state index is 0.202.